The molecular formula is C32H21Cl2N3O4. The first-order valence-electron chi connectivity index (χ1n) is 12.6. The number of methoxy groups -OCH3 is 1. The normalized spacial score (nSPS) is 16.7. The van der Waals surface area contributed by atoms with Gasteiger partial charge in [0.15, 0.2) is 17.4 Å². The van der Waals surface area contributed by atoms with E-state index < -0.39 is 11.9 Å². The number of rotatable bonds is 5. The number of carbonyl (C=O) groups is 2. The van der Waals surface area contributed by atoms with E-state index in [0.717, 1.165) is 11.3 Å². The van der Waals surface area contributed by atoms with Crippen LogP contribution >= 0.6 is 23.2 Å². The van der Waals surface area contributed by atoms with E-state index in [0.29, 0.717) is 27.9 Å². The van der Waals surface area contributed by atoms with Crippen molar-refractivity contribution in [2.45, 2.75) is 0 Å². The van der Waals surface area contributed by atoms with Crippen molar-refractivity contribution in [2.75, 3.05) is 17.0 Å². The van der Waals surface area contributed by atoms with Gasteiger partial charge in [0, 0.05) is 16.8 Å². The van der Waals surface area contributed by atoms with Crippen LogP contribution in [0.15, 0.2) is 131 Å². The SMILES string of the molecule is COC(=O)C1=C(c2ccc(Cl)c(Cl)c2)OC(=O)/C1=C1/N(c2ccccc2)N=C(c2ccccc2)N1c1ccccc1. The Labute approximate surface area is 246 Å². The number of carbonyl (C=O) groups excluding carboxylic acids is 2. The minimum Gasteiger partial charge on any atom is -0.465 e. The number of hydrazone groups is 1. The molecule has 2 aliphatic heterocycles. The second kappa shape index (κ2) is 11.0. The van der Waals surface area contributed by atoms with Gasteiger partial charge in [0.1, 0.15) is 11.1 Å². The zero-order valence-corrected chi connectivity index (χ0v) is 23.1. The lowest BCUT2D eigenvalue weighted by Gasteiger charge is -2.26. The van der Waals surface area contributed by atoms with E-state index in [-0.39, 0.29) is 21.9 Å². The summed E-state index contributed by atoms with van der Waals surface area (Å²) < 4.78 is 11.0. The van der Waals surface area contributed by atoms with Crippen molar-refractivity contribution < 1.29 is 19.1 Å². The predicted octanol–water partition coefficient (Wildman–Crippen LogP) is 7.03. The summed E-state index contributed by atoms with van der Waals surface area (Å²) in [6.07, 6.45) is 0. The number of amidine groups is 1. The second-order valence-corrected chi connectivity index (χ2v) is 9.84. The van der Waals surface area contributed by atoms with Crippen molar-refractivity contribution in [2.24, 2.45) is 5.10 Å². The molecule has 0 bridgehead atoms. The highest BCUT2D eigenvalue weighted by Gasteiger charge is 2.45. The lowest BCUT2D eigenvalue weighted by molar-refractivity contribution is -0.136. The average molecular weight is 582 g/mol. The van der Waals surface area contributed by atoms with Crippen LogP contribution < -0.4 is 9.91 Å². The van der Waals surface area contributed by atoms with Crippen LogP contribution in [0.4, 0.5) is 11.4 Å². The number of halogens is 2. The van der Waals surface area contributed by atoms with Crippen molar-refractivity contribution in [3.63, 3.8) is 0 Å². The van der Waals surface area contributed by atoms with Crippen LogP contribution in [-0.4, -0.2) is 24.9 Å². The molecule has 4 aromatic carbocycles. The number of nitrogens with zero attached hydrogens (tertiary/aromatic N) is 3. The summed E-state index contributed by atoms with van der Waals surface area (Å²) in [6, 6.07) is 33.1. The van der Waals surface area contributed by atoms with Gasteiger partial charge < -0.3 is 9.47 Å². The van der Waals surface area contributed by atoms with E-state index >= 15 is 0 Å². The third-order valence-corrected chi connectivity index (χ3v) is 7.28. The van der Waals surface area contributed by atoms with Crippen molar-refractivity contribution in [1.82, 2.24) is 0 Å². The lowest BCUT2D eigenvalue weighted by atomic mass is 10.0. The van der Waals surface area contributed by atoms with Crippen LogP contribution in [0.1, 0.15) is 11.1 Å². The molecule has 0 atom stereocenters. The lowest BCUT2D eigenvalue weighted by Crippen LogP contribution is -2.32. The summed E-state index contributed by atoms with van der Waals surface area (Å²) in [4.78, 5) is 29.1. The van der Waals surface area contributed by atoms with Crippen molar-refractivity contribution in [3.8, 4) is 0 Å². The molecule has 0 radical (unpaired) electrons. The smallest absolute Gasteiger partial charge is 0.348 e. The summed E-state index contributed by atoms with van der Waals surface area (Å²) in [6.45, 7) is 0. The van der Waals surface area contributed by atoms with Gasteiger partial charge in [0.25, 0.3) is 0 Å². The maximum Gasteiger partial charge on any atom is 0.348 e. The van der Waals surface area contributed by atoms with E-state index in [1.165, 1.54) is 13.2 Å². The summed E-state index contributed by atoms with van der Waals surface area (Å²) in [5.41, 5.74) is 2.51. The van der Waals surface area contributed by atoms with Crippen LogP contribution in [0.2, 0.25) is 10.0 Å². The van der Waals surface area contributed by atoms with Crippen molar-refractivity contribution >= 4 is 58.1 Å². The summed E-state index contributed by atoms with van der Waals surface area (Å²) in [7, 11) is 1.25. The quantitative estimate of drug-likeness (QED) is 0.186. The fourth-order valence-electron chi connectivity index (χ4n) is 4.70. The number of anilines is 2. The molecule has 202 valence electrons. The highest BCUT2D eigenvalue weighted by Crippen LogP contribution is 2.43. The summed E-state index contributed by atoms with van der Waals surface area (Å²) >= 11 is 12.4. The molecule has 0 spiro atoms. The van der Waals surface area contributed by atoms with Crippen LogP contribution in [-0.2, 0) is 19.1 Å². The second-order valence-electron chi connectivity index (χ2n) is 9.02. The number of benzene rings is 4. The largest absolute Gasteiger partial charge is 0.465 e. The Bertz CT molecular complexity index is 1750. The Kier molecular flexibility index (Phi) is 7.05. The molecule has 2 aliphatic rings. The topological polar surface area (TPSA) is 71.4 Å². The standard InChI is InChI=1S/C32H21Cl2N3O4/c1-40-31(38)26-27(32(39)41-28(26)21-17-18-24(33)25(34)19-21)30-36(22-13-7-3-8-14-22)29(20-11-5-2-6-12-20)35-37(30)23-15-9-4-10-16-23/h2-19H,1H3/b30-27+. The van der Waals surface area contributed by atoms with Crippen LogP contribution in [0.3, 0.4) is 0 Å². The first kappa shape index (κ1) is 26.4. The highest BCUT2D eigenvalue weighted by atomic mass is 35.5. The Balaban J connectivity index is 1.69. The molecule has 0 aromatic heterocycles. The van der Waals surface area contributed by atoms with Gasteiger partial charge in [-0.3, -0.25) is 4.90 Å². The molecule has 0 amide bonds. The number of para-hydroxylation sites is 2. The molecule has 7 nitrogen and oxygen atoms in total. The molecule has 9 heteroatoms. The van der Waals surface area contributed by atoms with Crippen LogP contribution in [0.25, 0.3) is 5.76 Å². The minimum absolute atomic E-state index is 0.0112. The monoisotopic (exact) mass is 581 g/mol. The maximum atomic E-state index is 13.8. The van der Waals surface area contributed by atoms with Gasteiger partial charge in [-0.15, -0.1) is 5.10 Å². The molecular weight excluding hydrogens is 561 g/mol. The Morgan fingerprint density at radius 3 is 2.00 bits per heavy atom. The number of hydrogen-bond donors (Lipinski definition) is 0. The average Bonchev–Trinajstić information content (AvgIpc) is 3.57. The molecule has 2 heterocycles. The molecule has 6 rings (SSSR count). The van der Waals surface area contributed by atoms with E-state index in [1.54, 1.807) is 17.1 Å². The zero-order chi connectivity index (χ0) is 28.5. The molecule has 0 N–H and O–H groups in total. The maximum absolute atomic E-state index is 13.8. The van der Waals surface area contributed by atoms with Gasteiger partial charge in [-0.1, -0.05) is 89.9 Å². The minimum atomic E-state index is -0.756. The highest BCUT2D eigenvalue weighted by molar-refractivity contribution is 6.42. The molecule has 0 aliphatic carbocycles. The van der Waals surface area contributed by atoms with Gasteiger partial charge in [-0.2, -0.15) is 0 Å². The number of esters is 2. The first-order valence-corrected chi connectivity index (χ1v) is 13.3. The van der Waals surface area contributed by atoms with Gasteiger partial charge in [-0.05, 0) is 42.5 Å². The third kappa shape index (κ3) is 4.75. The molecule has 0 saturated carbocycles. The molecule has 0 saturated heterocycles. The van der Waals surface area contributed by atoms with E-state index in [9.17, 15) is 9.59 Å². The van der Waals surface area contributed by atoms with Gasteiger partial charge in [-0.25, -0.2) is 14.6 Å². The Morgan fingerprint density at radius 1 is 0.780 bits per heavy atom. The third-order valence-electron chi connectivity index (χ3n) is 6.54. The Hall–Kier alpha value is -4.85. The van der Waals surface area contributed by atoms with Gasteiger partial charge in [0.2, 0.25) is 0 Å². The Morgan fingerprint density at radius 2 is 1.39 bits per heavy atom. The van der Waals surface area contributed by atoms with E-state index in [2.05, 4.69) is 0 Å². The van der Waals surface area contributed by atoms with Crippen LogP contribution in [0, 0.1) is 0 Å². The number of hydrogen-bond acceptors (Lipinski definition) is 7. The summed E-state index contributed by atoms with van der Waals surface area (Å²) in [5.74, 6) is -0.636. The van der Waals surface area contributed by atoms with E-state index in [1.807, 2.05) is 95.9 Å². The zero-order valence-electron chi connectivity index (χ0n) is 21.6. The van der Waals surface area contributed by atoms with Crippen LogP contribution in [0.5, 0.6) is 0 Å². The summed E-state index contributed by atoms with van der Waals surface area (Å²) in [5, 5.41) is 7.18. The fraction of sp³-hybridized carbons (Fsp3) is 0.0312. The molecule has 0 unspecified atom stereocenters. The van der Waals surface area contributed by atoms with Crippen molar-refractivity contribution in [3.05, 3.63) is 147 Å². The number of cyclic esters (lactones) is 1. The fourth-order valence-corrected chi connectivity index (χ4v) is 4.99. The molecule has 41 heavy (non-hydrogen) atoms. The van der Waals surface area contributed by atoms with Crippen molar-refractivity contribution in [1.29, 1.82) is 0 Å². The van der Waals surface area contributed by atoms with Gasteiger partial charge in [0.05, 0.1) is 22.8 Å². The predicted molar refractivity (Wildman–Crippen MR) is 159 cm³/mol. The first-order chi connectivity index (χ1) is 20.0. The van der Waals surface area contributed by atoms with E-state index in [4.69, 9.17) is 37.8 Å². The molecule has 4 aromatic rings. The van der Waals surface area contributed by atoms with Gasteiger partial charge >= 0.3 is 11.9 Å². The number of ether oxygens (including phenoxy) is 2. The molecule has 0 fully saturated rings.